The van der Waals surface area contributed by atoms with E-state index in [4.69, 9.17) is 0 Å². The van der Waals surface area contributed by atoms with E-state index in [1.165, 1.54) is 6.20 Å². The molecule has 17 heavy (non-hydrogen) atoms. The van der Waals surface area contributed by atoms with E-state index in [0.717, 1.165) is 29.2 Å². The van der Waals surface area contributed by atoms with Crippen molar-refractivity contribution in [3.8, 4) is 0 Å². The van der Waals surface area contributed by atoms with Gasteiger partial charge in [-0.15, -0.1) is 0 Å². The summed E-state index contributed by atoms with van der Waals surface area (Å²) in [5.74, 6) is 0.536. The van der Waals surface area contributed by atoms with Gasteiger partial charge in [-0.1, -0.05) is 41.4 Å². The Morgan fingerprint density at radius 1 is 1.41 bits per heavy atom. The maximum absolute atomic E-state index is 11.7. The topological polar surface area (TPSA) is 34.9 Å². The number of nitrogens with zero attached hydrogens (tertiary/aromatic N) is 2. The zero-order valence-corrected chi connectivity index (χ0v) is 11.4. The molecule has 0 radical (unpaired) electrons. The zero-order chi connectivity index (χ0) is 12.3. The highest BCUT2D eigenvalue weighted by atomic mass is 79.9. The van der Waals surface area contributed by atoms with Crippen LogP contribution in [0.5, 0.6) is 0 Å². The summed E-state index contributed by atoms with van der Waals surface area (Å²) in [4.78, 5) is 11.7. The molecule has 0 N–H and O–H groups in total. The molecule has 0 aliphatic rings. The Kier molecular flexibility index (Phi) is 3.94. The molecule has 1 unspecified atom stereocenters. The van der Waals surface area contributed by atoms with Crippen LogP contribution in [0.25, 0.3) is 10.9 Å². The number of alkyl halides is 1. The summed E-state index contributed by atoms with van der Waals surface area (Å²) in [6.45, 7) is 3.00. The van der Waals surface area contributed by atoms with Gasteiger partial charge in [0.2, 0.25) is 5.43 Å². The monoisotopic (exact) mass is 294 g/mol. The Labute approximate surface area is 109 Å². The number of fused-ring (bicyclic) bond motifs is 1. The molecule has 1 atom stereocenters. The molecule has 0 fully saturated rings. The third-order valence-corrected chi connectivity index (χ3v) is 3.90. The van der Waals surface area contributed by atoms with Gasteiger partial charge in [0, 0.05) is 17.3 Å². The van der Waals surface area contributed by atoms with Crippen LogP contribution in [0.15, 0.2) is 35.3 Å². The number of aromatic nitrogens is 2. The van der Waals surface area contributed by atoms with Gasteiger partial charge in [0.1, 0.15) is 0 Å². The van der Waals surface area contributed by atoms with Crippen LogP contribution in [0.3, 0.4) is 0 Å². The molecule has 4 heteroatoms. The summed E-state index contributed by atoms with van der Waals surface area (Å²) in [6.07, 6.45) is 2.50. The largest absolute Gasteiger partial charge is 0.287 e. The smallest absolute Gasteiger partial charge is 0.207 e. The van der Waals surface area contributed by atoms with E-state index in [1.807, 2.05) is 28.9 Å². The molecule has 2 rings (SSSR count). The second kappa shape index (κ2) is 5.45. The maximum atomic E-state index is 11.7. The summed E-state index contributed by atoms with van der Waals surface area (Å²) < 4.78 is 1.92. The average Bonchev–Trinajstić information content (AvgIpc) is 2.38. The van der Waals surface area contributed by atoms with Crippen LogP contribution in [-0.2, 0) is 6.54 Å². The molecule has 0 amide bonds. The van der Waals surface area contributed by atoms with E-state index >= 15 is 0 Å². The van der Waals surface area contributed by atoms with Gasteiger partial charge in [-0.3, -0.25) is 9.48 Å². The normalized spacial score (nSPS) is 12.8. The Bertz CT molecular complexity index is 561. The lowest BCUT2D eigenvalue weighted by atomic mass is 10.1. The van der Waals surface area contributed by atoms with Crippen LogP contribution in [-0.4, -0.2) is 15.1 Å². The van der Waals surface area contributed by atoms with Crippen LogP contribution in [0.1, 0.15) is 13.3 Å². The van der Waals surface area contributed by atoms with E-state index in [-0.39, 0.29) is 5.43 Å². The molecule has 3 nitrogen and oxygen atoms in total. The lowest BCUT2D eigenvalue weighted by Crippen LogP contribution is -2.17. The van der Waals surface area contributed by atoms with Crippen LogP contribution in [0.2, 0.25) is 0 Å². The average molecular weight is 295 g/mol. The third kappa shape index (κ3) is 2.57. The number of hydrogen-bond acceptors (Lipinski definition) is 2. The molecule has 0 spiro atoms. The minimum absolute atomic E-state index is 0.0104. The van der Waals surface area contributed by atoms with Crippen LogP contribution >= 0.6 is 15.9 Å². The molecule has 0 aliphatic heterocycles. The molecule has 90 valence electrons. The van der Waals surface area contributed by atoms with Crippen molar-refractivity contribution in [2.24, 2.45) is 5.92 Å². The standard InChI is InChI=1S/C13H15BrN2O/c1-2-10(7-14)9-16-12-6-4-3-5-11(12)13(17)8-15-16/h3-6,8,10H,2,7,9H2,1H3. The molecule has 1 aromatic heterocycles. The molecule has 0 saturated heterocycles. The first-order chi connectivity index (χ1) is 8.26. The lowest BCUT2D eigenvalue weighted by Gasteiger charge is -2.14. The van der Waals surface area contributed by atoms with Crippen molar-refractivity contribution in [1.29, 1.82) is 0 Å². The summed E-state index contributed by atoms with van der Waals surface area (Å²) in [5, 5.41) is 5.92. The molecule has 1 heterocycles. The highest BCUT2D eigenvalue weighted by Gasteiger charge is 2.08. The summed E-state index contributed by atoms with van der Waals surface area (Å²) >= 11 is 3.51. The van der Waals surface area contributed by atoms with Gasteiger partial charge in [0.15, 0.2) is 0 Å². The van der Waals surface area contributed by atoms with Gasteiger partial charge in [0.25, 0.3) is 0 Å². The summed E-state index contributed by atoms with van der Waals surface area (Å²) in [6, 6.07) is 7.63. The molecule has 0 aliphatic carbocycles. The Morgan fingerprint density at radius 2 is 2.18 bits per heavy atom. The third-order valence-electron chi connectivity index (χ3n) is 2.99. The molecule has 2 aromatic rings. The quantitative estimate of drug-likeness (QED) is 0.813. The first kappa shape index (κ1) is 12.3. The second-order valence-corrected chi connectivity index (χ2v) is 4.78. The number of hydrogen-bond donors (Lipinski definition) is 0. The summed E-state index contributed by atoms with van der Waals surface area (Å²) in [7, 11) is 0. The number of para-hydroxylation sites is 1. The van der Waals surface area contributed by atoms with E-state index < -0.39 is 0 Å². The molecular formula is C13H15BrN2O. The van der Waals surface area contributed by atoms with E-state index in [9.17, 15) is 4.79 Å². The first-order valence-corrected chi connectivity index (χ1v) is 6.89. The van der Waals surface area contributed by atoms with Gasteiger partial charge in [0.05, 0.1) is 11.7 Å². The van der Waals surface area contributed by atoms with E-state index in [0.29, 0.717) is 5.92 Å². The van der Waals surface area contributed by atoms with Gasteiger partial charge >= 0.3 is 0 Å². The fraction of sp³-hybridized carbons (Fsp3) is 0.385. The van der Waals surface area contributed by atoms with Crippen LogP contribution in [0.4, 0.5) is 0 Å². The first-order valence-electron chi connectivity index (χ1n) is 5.77. The van der Waals surface area contributed by atoms with Crippen molar-refractivity contribution in [1.82, 2.24) is 9.78 Å². The Hall–Kier alpha value is -1.16. The molecular weight excluding hydrogens is 280 g/mol. The maximum Gasteiger partial charge on any atom is 0.207 e. The SMILES string of the molecule is CCC(CBr)Cn1ncc(=O)c2ccccc21. The molecule has 0 bridgehead atoms. The van der Waals surface area contributed by atoms with Gasteiger partial charge in [-0.2, -0.15) is 5.10 Å². The van der Waals surface area contributed by atoms with Crippen LogP contribution < -0.4 is 5.43 Å². The number of benzene rings is 1. The lowest BCUT2D eigenvalue weighted by molar-refractivity contribution is 0.453. The number of rotatable bonds is 4. The van der Waals surface area contributed by atoms with Crippen LogP contribution in [0, 0.1) is 5.92 Å². The predicted octanol–water partition coefficient (Wildman–Crippen LogP) is 2.82. The second-order valence-electron chi connectivity index (χ2n) is 4.14. The fourth-order valence-corrected chi connectivity index (χ4v) is 2.50. The van der Waals surface area contributed by atoms with E-state index in [1.54, 1.807) is 0 Å². The van der Waals surface area contributed by atoms with Crippen molar-refractivity contribution in [3.05, 3.63) is 40.7 Å². The minimum atomic E-state index is -0.0104. The van der Waals surface area contributed by atoms with E-state index in [2.05, 4.69) is 28.0 Å². The van der Waals surface area contributed by atoms with Crippen molar-refractivity contribution < 1.29 is 0 Å². The fourth-order valence-electron chi connectivity index (χ4n) is 1.84. The zero-order valence-electron chi connectivity index (χ0n) is 9.77. The number of halogens is 1. The predicted molar refractivity (Wildman–Crippen MR) is 73.6 cm³/mol. The summed E-state index contributed by atoms with van der Waals surface area (Å²) in [5.41, 5.74) is 0.906. The Morgan fingerprint density at radius 3 is 2.88 bits per heavy atom. The van der Waals surface area contributed by atoms with Crippen molar-refractivity contribution in [2.45, 2.75) is 19.9 Å². The van der Waals surface area contributed by atoms with Gasteiger partial charge in [-0.05, 0) is 18.1 Å². The highest BCUT2D eigenvalue weighted by Crippen LogP contribution is 2.13. The highest BCUT2D eigenvalue weighted by molar-refractivity contribution is 9.09. The van der Waals surface area contributed by atoms with Crippen molar-refractivity contribution in [3.63, 3.8) is 0 Å². The Balaban J connectivity index is 2.48. The molecule has 0 saturated carbocycles. The van der Waals surface area contributed by atoms with Crippen molar-refractivity contribution in [2.75, 3.05) is 5.33 Å². The minimum Gasteiger partial charge on any atom is -0.287 e. The van der Waals surface area contributed by atoms with Gasteiger partial charge < -0.3 is 0 Å². The van der Waals surface area contributed by atoms with Crippen molar-refractivity contribution >= 4 is 26.8 Å². The molecule has 1 aromatic carbocycles. The van der Waals surface area contributed by atoms with Gasteiger partial charge in [-0.25, -0.2) is 0 Å².